The number of nitrogens with one attached hydrogen (secondary N) is 3. The third-order valence-corrected chi connectivity index (χ3v) is 2.27. The van der Waals surface area contributed by atoms with Crippen LogP contribution in [-0.2, 0) is 6.42 Å². The smallest absolute Gasteiger partial charge is 0.275 e. The SMILES string of the molecule is Cc1nc(Cc2nnc(Nc3nc([N+]#N)n[nH]3)nn2)n[nH]1. The van der Waals surface area contributed by atoms with Crippen molar-refractivity contribution in [2.45, 2.75) is 13.3 Å². The van der Waals surface area contributed by atoms with E-state index >= 15 is 0 Å². The molecule has 0 amide bonds. The fraction of sp³-hybridized carbons (Fsp3) is 0.250. The van der Waals surface area contributed by atoms with E-state index in [1.54, 1.807) is 6.92 Å². The van der Waals surface area contributed by atoms with Crippen LogP contribution in [0.15, 0.2) is 0 Å². The van der Waals surface area contributed by atoms with Crippen LogP contribution in [0.3, 0.4) is 0 Å². The number of anilines is 2. The minimum atomic E-state index is -0.116. The highest BCUT2D eigenvalue weighted by Gasteiger charge is 2.16. The molecule has 13 heteroatoms. The zero-order valence-corrected chi connectivity index (χ0v) is 10.7. The number of rotatable bonds is 4. The van der Waals surface area contributed by atoms with Crippen LogP contribution in [0.2, 0.25) is 0 Å². The second-order valence-corrected chi connectivity index (χ2v) is 3.86. The highest BCUT2D eigenvalue weighted by molar-refractivity contribution is 5.43. The number of hydrogen-bond acceptors (Lipinski definition) is 10. The molecule has 0 saturated heterocycles. The standard InChI is InChI=1S/C8H7N13/c1-3-10-4(15-14-3)2-5-16-20-8(21-17-5)12-6-11-7(13-9)19-18-6/h9H,2H2,1H3,(H,10,14,15)/p+1. The molecule has 0 aliphatic heterocycles. The summed E-state index contributed by atoms with van der Waals surface area (Å²) < 4.78 is 0. The molecule has 104 valence electrons. The minimum absolute atomic E-state index is 0.116. The van der Waals surface area contributed by atoms with Gasteiger partial charge in [-0.1, -0.05) is 0 Å². The average Bonchev–Trinajstić information content (AvgIpc) is 3.10. The van der Waals surface area contributed by atoms with E-state index in [-0.39, 0.29) is 17.8 Å². The van der Waals surface area contributed by atoms with Crippen molar-refractivity contribution in [2.75, 3.05) is 5.32 Å². The Hall–Kier alpha value is -3.56. The first-order chi connectivity index (χ1) is 10.2. The van der Waals surface area contributed by atoms with Crippen LogP contribution in [0.1, 0.15) is 17.5 Å². The monoisotopic (exact) mass is 286 g/mol. The molecular formula is C8H8N13+. The van der Waals surface area contributed by atoms with Gasteiger partial charge in [-0.3, -0.25) is 10.4 Å². The number of aromatic nitrogens is 10. The highest BCUT2D eigenvalue weighted by atomic mass is 15.4. The summed E-state index contributed by atoms with van der Waals surface area (Å²) in [5.41, 5.74) is 0. The molecule has 21 heavy (non-hydrogen) atoms. The number of H-pyrrole nitrogens is 2. The van der Waals surface area contributed by atoms with Crippen molar-refractivity contribution in [3.05, 3.63) is 22.4 Å². The second kappa shape index (κ2) is 5.21. The Morgan fingerprint density at radius 3 is 2.48 bits per heavy atom. The lowest BCUT2D eigenvalue weighted by Crippen LogP contribution is -2.07. The zero-order valence-electron chi connectivity index (χ0n) is 10.7. The van der Waals surface area contributed by atoms with Crippen molar-refractivity contribution in [3.8, 4) is 0 Å². The Morgan fingerprint density at radius 1 is 1.05 bits per heavy atom. The fourth-order valence-corrected chi connectivity index (χ4v) is 1.44. The van der Waals surface area contributed by atoms with Crippen LogP contribution >= 0.6 is 0 Å². The summed E-state index contributed by atoms with van der Waals surface area (Å²) in [4.78, 5) is 10.7. The van der Waals surface area contributed by atoms with Crippen LogP contribution in [0, 0.1) is 12.3 Å². The van der Waals surface area contributed by atoms with Gasteiger partial charge in [-0.2, -0.15) is 10.2 Å². The Labute approximate surface area is 116 Å². The van der Waals surface area contributed by atoms with E-state index in [2.05, 4.69) is 61.1 Å². The summed E-state index contributed by atoms with van der Waals surface area (Å²) in [6, 6.07) is 0. The Balaban J connectivity index is 1.67. The molecule has 0 unspecified atom stereocenters. The van der Waals surface area contributed by atoms with Gasteiger partial charge in [0.1, 0.15) is 5.82 Å². The molecule has 3 aromatic heterocycles. The molecule has 3 aromatic rings. The number of aromatic amines is 2. The molecule has 0 fully saturated rings. The molecule has 3 heterocycles. The molecule has 3 rings (SSSR count). The van der Waals surface area contributed by atoms with Crippen molar-refractivity contribution < 1.29 is 0 Å². The largest absolute Gasteiger partial charge is 0.585 e. The van der Waals surface area contributed by atoms with Gasteiger partial charge in [-0.15, -0.1) is 20.4 Å². The summed E-state index contributed by atoms with van der Waals surface area (Å²) in [7, 11) is 0. The van der Waals surface area contributed by atoms with Crippen LogP contribution in [0.4, 0.5) is 17.8 Å². The highest BCUT2D eigenvalue weighted by Crippen LogP contribution is 2.09. The molecule has 0 aliphatic carbocycles. The maximum Gasteiger partial charge on any atom is 0.585 e. The number of nitrogens with zero attached hydrogens (tertiary/aromatic N) is 10. The minimum Gasteiger partial charge on any atom is -0.275 e. The molecule has 0 atom stereocenters. The van der Waals surface area contributed by atoms with Gasteiger partial charge in [0, 0.05) is 5.10 Å². The van der Waals surface area contributed by atoms with Gasteiger partial charge in [0.2, 0.25) is 0 Å². The predicted octanol–water partition coefficient (Wildman–Crippen LogP) is -0.370. The quantitative estimate of drug-likeness (QED) is 0.536. The maximum absolute atomic E-state index is 8.48. The molecule has 0 bridgehead atoms. The lowest BCUT2D eigenvalue weighted by Gasteiger charge is -1.97. The van der Waals surface area contributed by atoms with Crippen molar-refractivity contribution >= 4 is 17.8 Å². The molecular weight excluding hydrogens is 278 g/mol. The van der Waals surface area contributed by atoms with Crippen LogP contribution < -0.4 is 5.32 Å². The van der Waals surface area contributed by atoms with E-state index in [0.717, 1.165) is 0 Å². The maximum atomic E-state index is 8.48. The molecule has 0 spiro atoms. The lowest BCUT2D eigenvalue weighted by molar-refractivity contribution is 0.768. The Kier molecular flexibility index (Phi) is 3.09. The van der Waals surface area contributed by atoms with E-state index in [4.69, 9.17) is 5.39 Å². The van der Waals surface area contributed by atoms with E-state index in [9.17, 15) is 0 Å². The number of diazo groups is 1. The number of aryl methyl sites for hydroxylation is 1. The molecule has 0 saturated carbocycles. The van der Waals surface area contributed by atoms with Gasteiger partial charge >= 0.3 is 11.9 Å². The summed E-state index contributed by atoms with van der Waals surface area (Å²) in [6.07, 6.45) is 0.320. The lowest BCUT2D eigenvalue weighted by atomic mass is 10.4. The van der Waals surface area contributed by atoms with E-state index < -0.39 is 0 Å². The predicted molar refractivity (Wildman–Crippen MR) is 66.0 cm³/mol. The van der Waals surface area contributed by atoms with Gasteiger partial charge in [0.15, 0.2) is 11.6 Å². The van der Waals surface area contributed by atoms with Gasteiger partial charge in [-0.25, -0.2) is 4.98 Å². The van der Waals surface area contributed by atoms with Crippen LogP contribution in [-0.4, -0.2) is 50.8 Å². The third-order valence-electron chi connectivity index (χ3n) is 2.27. The van der Waals surface area contributed by atoms with Gasteiger partial charge in [-0.05, 0) is 16.9 Å². The van der Waals surface area contributed by atoms with Gasteiger partial charge < -0.3 is 0 Å². The molecule has 0 aromatic carbocycles. The van der Waals surface area contributed by atoms with E-state index in [1.807, 2.05) is 0 Å². The molecule has 13 nitrogen and oxygen atoms in total. The van der Waals surface area contributed by atoms with Crippen LogP contribution in [0.25, 0.3) is 4.98 Å². The summed E-state index contributed by atoms with van der Waals surface area (Å²) in [5, 5.41) is 39.3. The van der Waals surface area contributed by atoms with E-state index in [0.29, 0.717) is 23.9 Å². The second-order valence-electron chi connectivity index (χ2n) is 3.86. The van der Waals surface area contributed by atoms with Gasteiger partial charge in [0.05, 0.1) is 11.8 Å². The first-order valence-corrected chi connectivity index (χ1v) is 5.71. The van der Waals surface area contributed by atoms with Crippen LogP contribution in [0.5, 0.6) is 0 Å². The molecule has 3 N–H and O–H groups in total. The average molecular weight is 286 g/mol. The van der Waals surface area contributed by atoms with Crippen molar-refractivity contribution in [1.82, 2.24) is 50.8 Å². The zero-order chi connectivity index (χ0) is 14.7. The first-order valence-electron chi connectivity index (χ1n) is 5.71. The summed E-state index contributed by atoms with van der Waals surface area (Å²) in [5.74, 6) is 1.84. The van der Waals surface area contributed by atoms with Crippen molar-refractivity contribution in [2.24, 2.45) is 0 Å². The number of hydrogen-bond donors (Lipinski definition) is 3. The summed E-state index contributed by atoms with van der Waals surface area (Å²) >= 11 is 0. The Morgan fingerprint density at radius 2 is 1.86 bits per heavy atom. The topological polar surface area (TPSA) is 175 Å². The normalized spacial score (nSPS) is 10.3. The van der Waals surface area contributed by atoms with Crippen molar-refractivity contribution in [1.29, 1.82) is 5.39 Å². The fourth-order valence-electron chi connectivity index (χ4n) is 1.44. The summed E-state index contributed by atoms with van der Waals surface area (Å²) in [6.45, 7) is 1.80. The van der Waals surface area contributed by atoms with Crippen molar-refractivity contribution in [3.63, 3.8) is 0 Å². The van der Waals surface area contributed by atoms with Gasteiger partial charge in [0.25, 0.3) is 5.95 Å². The van der Waals surface area contributed by atoms with E-state index in [1.165, 1.54) is 0 Å². The molecule has 0 aliphatic rings. The Bertz CT molecular complexity index is 777. The third kappa shape index (κ3) is 2.89. The first kappa shape index (κ1) is 12.5. The molecule has 0 radical (unpaired) electrons.